The molecule has 0 saturated carbocycles. The van der Waals surface area contributed by atoms with Gasteiger partial charge in [-0.1, -0.05) is 12.1 Å². The fourth-order valence-corrected chi connectivity index (χ4v) is 2.82. The molecule has 1 atom stereocenters. The number of nitrogens with one attached hydrogen (secondary N) is 2. The molecule has 12 heteroatoms. The standard InChI is InChI=1S/C21H22N6O6/c1-12-8-9-18(33-12)20(29)22-16-7-5-6-15(10-16)13(2)23-24-19(28)14(3)26-11-17(27(30)31)21(25-26)32-4/h5-11,14H,1-4H3,(H,22,29)(H,24,28)/t14-/m0/s1. The van der Waals surface area contributed by atoms with Crippen LogP contribution in [0.15, 0.2) is 52.1 Å². The molecular weight excluding hydrogens is 432 g/mol. The molecular formula is C21H22N6O6. The van der Waals surface area contributed by atoms with Crippen LogP contribution in [0.3, 0.4) is 0 Å². The first-order valence-electron chi connectivity index (χ1n) is 9.79. The maximum atomic E-state index is 12.5. The third-order valence-electron chi connectivity index (χ3n) is 4.68. The van der Waals surface area contributed by atoms with Gasteiger partial charge in [-0.05, 0) is 50.6 Å². The van der Waals surface area contributed by atoms with Crippen molar-refractivity contribution < 1.29 is 23.7 Å². The SMILES string of the molecule is COc1nn([C@@H](C)C(=O)NN=C(C)c2cccc(NC(=O)c3ccc(C)o3)c2)cc1[N+](=O)[O-]. The molecule has 0 spiro atoms. The molecule has 0 bridgehead atoms. The Morgan fingerprint density at radius 1 is 1.30 bits per heavy atom. The number of furan rings is 1. The third-order valence-corrected chi connectivity index (χ3v) is 4.68. The minimum absolute atomic E-state index is 0.192. The Morgan fingerprint density at radius 2 is 2.06 bits per heavy atom. The first-order chi connectivity index (χ1) is 15.7. The predicted molar refractivity (Wildman–Crippen MR) is 118 cm³/mol. The largest absolute Gasteiger partial charge is 0.475 e. The molecule has 2 N–H and O–H groups in total. The smallest absolute Gasteiger partial charge is 0.350 e. The van der Waals surface area contributed by atoms with Gasteiger partial charge in [-0.3, -0.25) is 19.7 Å². The lowest BCUT2D eigenvalue weighted by Crippen LogP contribution is -2.28. The topological polar surface area (TPSA) is 154 Å². The molecule has 0 aliphatic carbocycles. The molecule has 12 nitrogen and oxygen atoms in total. The number of hydrogen-bond donors (Lipinski definition) is 2. The minimum Gasteiger partial charge on any atom is -0.475 e. The Bertz CT molecular complexity index is 1230. The van der Waals surface area contributed by atoms with E-state index in [0.29, 0.717) is 22.7 Å². The molecule has 0 unspecified atom stereocenters. The lowest BCUT2D eigenvalue weighted by atomic mass is 10.1. The van der Waals surface area contributed by atoms with Gasteiger partial charge in [0.25, 0.3) is 11.8 Å². The number of amides is 2. The summed E-state index contributed by atoms with van der Waals surface area (Å²) < 4.78 is 11.3. The van der Waals surface area contributed by atoms with Crippen LogP contribution < -0.4 is 15.5 Å². The summed E-state index contributed by atoms with van der Waals surface area (Å²) in [5, 5.41) is 21.8. The van der Waals surface area contributed by atoms with Gasteiger partial charge < -0.3 is 14.5 Å². The average molecular weight is 454 g/mol. The lowest BCUT2D eigenvalue weighted by molar-refractivity contribution is -0.385. The summed E-state index contributed by atoms with van der Waals surface area (Å²) in [6.07, 6.45) is 1.12. The van der Waals surface area contributed by atoms with Gasteiger partial charge >= 0.3 is 11.6 Å². The van der Waals surface area contributed by atoms with Gasteiger partial charge in [0.15, 0.2) is 5.76 Å². The van der Waals surface area contributed by atoms with Crippen molar-refractivity contribution in [3.8, 4) is 5.88 Å². The number of aromatic nitrogens is 2. The highest BCUT2D eigenvalue weighted by Gasteiger charge is 2.25. The second kappa shape index (κ2) is 9.77. The number of ether oxygens (including phenoxy) is 1. The van der Waals surface area contributed by atoms with E-state index in [1.54, 1.807) is 50.2 Å². The number of carbonyl (C=O) groups excluding carboxylic acids is 2. The number of aryl methyl sites for hydroxylation is 1. The number of nitro groups is 1. The Kier molecular flexibility index (Phi) is 6.86. The van der Waals surface area contributed by atoms with Crippen LogP contribution in [0, 0.1) is 17.0 Å². The molecule has 1 aromatic carbocycles. The van der Waals surface area contributed by atoms with Crippen LogP contribution in [-0.2, 0) is 4.79 Å². The number of carbonyl (C=O) groups is 2. The van der Waals surface area contributed by atoms with Crippen LogP contribution in [-0.4, -0.2) is 39.3 Å². The fourth-order valence-electron chi connectivity index (χ4n) is 2.82. The van der Waals surface area contributed by atoms with Crippen LogP contribution in [0.5, 0.6) is 5.88 Å². The summed E-state index contributed by atoms with van der Waals surface area (Å²) in [7, 11) is 1.25. The molecule has 2 heterocycles. The number of benzene rings is 1. The Morgan fingerprint density at radius 3 is 2.67 bits per heavy atom. The number of hydrazone groups is 1. The van der Waals surface area contributed by atoms with Crippen LogP contribution in [0.4, 0.5) is 11.4 Å². The molecule has 0 fully saturated rings. The van der Waals surface area contributed by atoms with Gasteiger partial charge in [0.2, 0.25) is 0 Å². The maximum Gasteiger partial charge on any atom is 0.350 e. The highest BCUT2D eigenvalue weighted by atomic mass is 16.6. The number of anilines is 1. The Labute approximate surface area is 188 Å². The van der Waals surface area contributed by atoms with Crippen molar-refractivity contribution in [3.05, 3.63) is 69.8 Å². The van der Waals surface area contributed by atoms with E-state index < -0.39 is 16.9 Å². The molecule has 2 aromatic heterocycles. The van der Waals surface area contributed by atoms with Gasteiger partial charge in [0, 0.05) is 5.69 Å². The minimum atomic E-state index is -0.883. The van der Waals surface area contributed by atoms with E-state index in [1.807, 2.05) is 0 Å². The van der Waals surface area contributed by atoms with Crippen molar-refractivity contribution in [1.29, 1.82) is 0 Å². The number of hydrogen-bond acceptors (Lipinski definition) is 8. The van der Waals surface area contributed by atoms with Crippen molar-refractivity contribution in [3.63, 3.8) is 0 Å². The summed E-state index contributed by atoms with van der Waals surface area (Å²) in [6, 6.07) is 9.31. The van der Waals surface area contributed by atoms with E-state index in [9.17, 15) is 19.7 Å². The van der Waals surface area contributed by atoms with Gasteiger partial charge in [-0.2, -0.15) is 5.10 Å². The lowest BCUT2D eigenvalue weighted by Gasteiger charge is -2.10. The highest BCUT2D eigenvalue weighted by Crippen LogP contribution is 2.26. The zero-order valence-corrected chi connectivity index (χ0v) is 18.4. The normalized spacial score (nSPS) is 12.2. The summed E-state index contributed by atoms with van der Waals surface area (Å²) in [4.78, 5) is 35.2. The van der Waals surface area contributed by atoms with E-state index in [0.717, 1.165) is 10.9 Å². The van der Waals surface area contributed by atoms with Crippen LogP contribution >= 0.6 is 0 Å². The van der Waals surface area contributed by atoms with E-state index in [4.69, 9.17) is 9.15 Å². The second-order valence-electron chi connectivity index (χ2n) is 7.06. The van der Waals surface area contributed by atoms with Crippen LogP contribution in [0.2, 0.25) is 0 Å². The van der Waals surface area contributed by atoms with Gasteiger partial charge in [-0.25, -0.2) is 10.1 Å². The molecule has 0 radical (unpaired) electrons. The Hall–Kier alpha value is -4.48. The highest BCUT2D eigenvalue weighted by molar-refractivity contribution is 6.04. The van der Waals surface area contributed by atoms with E-state index in [1.165, 1.54) is 14.0 Å². The first kappa shape index (κ1) is 23.2. The van der Waals surface area contributed by atoms with Crippen molar-refractivity contribution in [2.45, 2.75) is 26.8 Å². The van der Waals surface area contributed by atoms with Crippen molar-refractivity contribution in [2.75, 3.05) is 12.4 Å². The fraction of sp³-hybridized carbons (Fsp3) is 0.238. The van der Waals surface area contributed by atoms with Crippen molar-refractivity contribution in [1.82, 2.24) is 15.2 Å². The zero-order chi connectivity index (χ0) is 24.1. The van der Waals surface area contributed by atoms with Crippen molar-refractivity contribution in [2.24, 2.45) is 5.10 Å². The molecule has 2 amide bonds. The second-order valence-corrected chi connectivity index (χ2v) is 7.06. The van der Waals surface area contributed by atoms with E-state index >= 15 is 0 Å². The van der Waals surface area contributed by atoms with E-state index in [-0.39, 0.29) is 23.2 Å². The van der Waals surface area contributed by atoms with Gasteiger partial charge in [-0.15, -0.1) is 5.10 Å². The molecule has 3 aromatic rings. The monoisotopic (exact) mass is 454 g/mol. The third kappa shape index (κ3) is 5.42. The number of rotatable bonds is 8. The van der Waals surface area contributed by atoms with Crippen molar-refractivity contribution >= 4 is 28.9 Å². The quantitative estimate of drug-likeness (QED) is 0.301. The molecule has 33 heavy (non-hydrogen) atoms. The molecule has 3 rings (SSSR count). The average Bonchev–Trinajstić information content (AvgIpc) is 3.43. The number of nitrogens with zero attached hydrogens (tertiary/aromatic N) is 4. The van der Waals surface area contributed by atoms with Crippen LogP contribution in [0.1, 0.15) is 41.8 Å². The van der Waals surface area contributed by atoms with Crippen LogP contribution in [0.25, 0.3) is 0 Å². The summed E-state index contributed by atoms with van der Waals surface area (Å²) in [6.45, 7) is 4.95. The first-order valence-corrected chi connectivity index (χ1v) is 9.79. The molecule has 172 valence electrons. The zero-order valence-electron chi connectivity index (χ0n) is 18.4. The van der Waals surface area contributed by atoms with Gasteiger partial charge in [0.05, 0.1) is 17.7 Å². The Balaban J connectivity index is 1.68. The predicted octanol–water partition coefficient (Wildman–Crippen LogP) is 3.06. The molecule has 0 aliphatic heterocycles. The maximum absolute atomic E-state index is 12.5. The number of methoxy groups -OCH3 is 1. The van der Waals surface area contributed by atoms with Gasteiger partial charge in [0.1, 0.15) is 18.0 Å². The summed E-state index contributed by atoms with van der Waals surface area (Å²) in [5.74, 6) is -0.291. The molecule has 0 saturated heterocycles. The summed E-state index contributed by atoms with van der Waals surface area (Å²) >= 11 is 0. The van der Waals surface area contributed by atoms with E-state index in [2.05, 4.69) is 20.9 Å². The molecule has 0 aliphatic rings. The summed E-state index contributed by atoms with van der Waals surface area (Å²) in [5.41, 5.74) is 3.73.